The summed E-state index contributed by atoms with van der Waals surface area (Å²) >= 11 is 0. The molecule has 28 heavy (non-hydrogen) atoms. The summed E-state index contributed by atoms with van der Waals surface area (Å²) in [7, 11) is 4.01. The molecule has 0 fully saturated rings. The van der Waals surface area contributed by atoms with Crippen LogP contribution in [0.25, 0.3) is 22.8 Å². The summed E-state index contributed by atoms with van der Waals surface area (Å²) < 4.78 is 5.91. The quantitative estimate of drug-likeness (QED) is 0.455. The van der Waals surface area contributed by atoms with Gasteiger partial charge in [0.15, 0.2) is 5.76 Å². The van der Waals surface area contributed by atoms with E-state index in [2.05, 4.69) is 16.9 Å². The molecule has 3 rings (SSSR count). The number of anilines is 1. The van der Waals surface area contributed by atoms with Crippen molar-refractivity contribution in [3.05, 3.63) is 72.9 Å². The Kier molecular flexibility index (Phi) is 6.27. The maximum Gasteiger partial charge on any atom is 0.251 e. The topological polar surface area (TPSA) is 58.4 Å². The second-order valence-electron chi connectivity index (χ2n) is 6.74. The summed E-state index contributed by atoms with van der Waals surface area (Å²) in [6, 6.07) is 15.4. The number of amides is 1. The first-order valence-electron chi connectivity index (χ1n) is 9.31. The van der Waals surface area contributed by atoms with Gasteiger partial charge in [0, 0.05) is 43.0 Å². The van der Waals surface area contributed by atoms with E-state index in [9.17, 15) is 4.79 Å². The predicted molar refractivity (Wildman–Crippen MR) is 113 cm³/mol. The van der Waals surface area contributed by atoms with E-state index in [4.69, 9.17) is 4.42 Å². The van der Waals surface area contributed by atoms with E-state index in [1.165, 1.54) is 0 Å². The molecule has 0 spiro atoms. The minimum absolute atomic E-state index is 0.0790. The van der Waals surface area contributed by atoms with E-state index in [1.54, 1.807) is 18.3 Å². The number of aromatic nitrogens is 1. The Labute approximate surface area is 165 Å². The molecule has 0 saturated carbocycles. The number of benzene rings is 2. The van der Waals surface area contributed by atoms with Gasteiger partial charge in [-0.25, -0.2) is 4.98 Å². The lowest BCUT2D eigenvalue weighted by Crippen LogP contribution is -2.24. The van der Waals surface area contributed by atoms with Crippen LogP contribution in [-0.4, -0.2) is 31.5 Å². The number of oxazole rings is 1. The van der Waals surface area contributed by atoms with Crippen LogP contribution in [0.15, 0.2) is 71.8 Å². The van der Waals surface area contributed by atoms with Gasteiger partial charge in [-0.3, -0.25) is 4.79 Å². The number of hydrogen-bond acceptors (Lipinski definition) is 4. The minimum Gasteiger partial charge on any atom is -0.436 e. The van der Waals surface area contributed by atoms with Crippen molar-refractivity contribution in [2.24, 2.45) is 0 Å². The van der Waals surface area contributed by atoms with E-state index < -0.39 is 0 Å². The highest BCUT2D eigenvalue weighted by molar-refractivity contribution is 5.94. The average molecular weight is 375 g/mol. The molecule has 0 radical (unpaired) electrons. The van der Waals surface area contributed by atoms with Crippen molar-refractivity contribution >= 4 is 11.6 Å². The first-order chi connectivity index (χ1) is 13.6. The van der Waals surface area contributed by atoms with E-state index in [-0.39, 0.29) is 5.91 Å². The molecule has 5 heteroatoms. The van der Waals surface area contributed by atoms with Gasteiger partial charge >= 0.3 is 0 Å². The fourth-order valence-corrected chi connectivity index (χ4v) is 2.78. The molecule has 0 aliphatic heterocycles. The lowest BCUT2D eigenvalue weighted by atomic mass is 10.1. The highest BCUT2D eigenvalue weighted by Crippen LogP contribution is 2.27. The van der Waals surface area contributed by atoms with Crippen molar-refractivity contribution < 1.29 is 9.21 Å². The SMILES string of the molecule is C=CCCCNC(=O)c1ccc(-c2ncc(-c3ccc(N(C)C)cc3)o2)cc1. The molecule has 0 saturated heterocycles. The molecule has 0 aliphatic rings. The predicted octanol–water partition coefficient (Wildman–Crippen LogP) is 4.77. The van der Waals surface area contributed by atoms with Crippen molar-refractivity contribution in [1.29, 1.82) is 0 Å². The molecule has 5 nitrogen and oxygen atoms in total. The number of nitrogens with zero attached hydrogens (tertiary/aromatic N) is 2. The van der Waals surface area contributed by atoms with Gasteiger partial charge in [0.25, 0.3) is 5.91 Å². The highest BCUT2D eigenvalue weighted by Gasteiger charge is 2.10. The van der Waals surface area contributed by atoms with Gasteiger partial charge in [0.2, 0.25) is 5.89 Å². The van der Waals surface area contributed by atoms with Gasteiger partial charge < -0.3 is 14.6 Å². The van der Waals surface area contributed by atoms with E-state index >= 15 is 0 Å². The zero-order valence-corrected chi connectivity index (χ0v) is 16.3. The molecular weight excluding hydrogens is 350 g/mol. The summed E-state index contributed by atoms with van der Waals surface area (Å²) in [5.41, 5.74) is 3.55. The Bertz CT molecular complexity index is 925. The van der Waals surface area contributed by atoms with Crippen LogP contribution in [0, 0.1) is 0 Å². The number of hydrogen-bond donors (Lipinski definition) is 1. The second-order valence-corrected chi connectivity index (χ2v) is 6.74. The smallest absolute Gasteiger partial charge is 0.251 e. The molecule has 0 atom stereocenters. The zero-order valence-electron chi connectivity index (χ0n) is 16.3. The van der Waals surface area contributed by atoms with Crippen LogP contribution in [0.3, 0.4) is 0 Å². The van der Waals surface area contributed by atoms with E-state index in [0.717, 1.165) is 29.7 Å². The zero-order chi connectivity index (χ0) is 19.9. The first kappa shape index (κ1) is 19.4. The molecular formula is C23H25N3O2. The standard InChI is InChI=1S/C23H25N3O2/c1-4-5-6-15-24-22(27)18-7-9-19(10-8-18)23-25-16-21(28-23)17-11-13-20(14-12-17)26(2)3/h4,7-14,16H,1,5-6,15H2,2-3H3,(H,24,27). The molecule has 1 amide bonds. The Morgan fingerprint density at radius 1 is 1.11 bits per heavy atom. The maximum absolute atomic E-state index is 12.1. The summed E-state index contributed by atoms with van der Waals surface area (Å²) in [6.07, 6.45) is 5.36. The molecule has 144 valence electrons. The Balaban J connectivity index is 1.67. The summed E-state index contributed by atoms with van der Waals surface area (Å²) in [5, 5.41) is 2.90. The molecule has 1 N–H and O–H groups in total. The van der Waals surface area contributed by atoms with Crippen LogP contribution in [0.5, 0.6) is 0 Å². The highest BCUT2D eigenvalue weighted by atomic mass is 16.4. The molecule has 0 bridgehead atoms. The molecule has 1 aromatic heterocycles. The Morgan fingerprint density at radius 2 is 1.79 bits per heavy atom. The number of nitrogens with one attached hydrogen (secondary N) is 1. The lowest BCUT2D eigenvalue weighted by molar-refractivity contribution is 0.0953. The van der Waals surface area contributed by atoms with Crippen molar-refractivity contribution in [2.75, 3.05) is 25.5 Å². The van der Waals surface area contributed by atoms with Gasteiger partial charge in [0.1, 0.15) is 0 Å². The maximum atomic E-state index is 12.1. The molecule has 1 heterocycles. The third-order valence-corrected chi connectivity index (χ3v) is 4.44. The summed E-state index contributed by atoms with van der Waals surface area (Å²) in [4.78, 5) is 18.6. The largest absolute Gasteiger partial charge is 0.436 e. The Hall–Kier alpha value is -3.34. The monoisotopic (exact) mass is 375 g/mol. The van der Waals surface area contributed by atoms with Crippen molar-refractivity contribution in [2.45, 2.75) is 12.8 Å². The van der Waals surface area contributed by atoms with Crippen molar-refractivity contribution in [3.63, 3.8) is 0 Å². The third-order valence-electron chi connectivity index (χ3n) is 4.44. The fraction of sp³-hybridized carbons (Fsp3) is 0.217. The first-order valence-corrected chi connectivity index (χ1v) is 9.31. The molecule has 2 aromatic carbocycles. The van der Waals surface area contributed by atoms with Gasteiger partial charge in [-0.2, -0.15) is 0 Å². The second kappa shape index (κ2) is 9.04. The van der Waals surface area contributed by atoms with Crippen LogP contribution in [0.2, 0.25) is 0 Å². The Morgan fingerprint density at radius 3 is 2.43 bits per heavy atom. The number of allylic oxidation sites excluding steroid dienone is 1. The van der Waals surface area contributed by atoms with Crippen molar-refractivity contribution in [3.8, 4) is 22.8 Å². The third kappa shape index (κ3) is 4.68. The summed E-state index contributed by atoms with van der Waals surface area (Å²) in [6.45, 7) is 4.32. The van der Waals surface area contributed by atoms with Crippen LogP contribution >= 0.6 is 0 Å². The van der Waals surface area contributed by atoms with Crippen LogP contribution in [-0.2, 0) is 0 Å². The summed E-state index contributed by atoms with van der Waals surface area (Å²) in [5.74, 6) is 1.17. The van der Waals surface area contributed by atoms with Crippen molar-refractivity contribution in [1.82, 2.24) is 10.3 Å². The minimum atomic E-state index is -0.0790. The van der Waals surface area contributed by atoms with Gasteiger partial charge in [0.05, 0.1) is 6.20 Å². The number of carbonyl (C=O) groups is 1. The number of unbranched alkanes of at least 4 members (excludes halogenated alkanes) is 1. The van der Waals surface area contributed by atoms with Crippen LogP contribution < -0.4 is 10.2 Å². The van der Waals surface area contributed by atoms with Crippen LogP contribution in [0.4, 0.5) is 5.69 Å². The van der Waals surface area contributed by atoms with Gasteiger partial charge in [-0.1, -0.05) is 6.08 Å². The van der Waals surface area contributed by atoms with Crippen LogP contribution in [0.1, 0.15) is 23.2 Å². The lowest BCUT2D eigenvalue weighted by Gasteiger charge is -2.11. The van der Waals surface area contributed by atoms with E-state index in [1.807, 2.05) is 61.5 Å². The average Bonchev–Trinajstić information content (AvgIpc) is 3.21. The molecule has 0 aliphatic carbocycles. The number of rotatable bonds is 8. The normalized spacial score (nSPS) is 10.5. The molecule has 0 unspecified atom stereocenters. The fourth-order valence-electron chi connectivity index (χ4n) is 2.78. The molecule has 3 aromatic rings. The van der Waals surface area contributed by atoms with E-state index in [0.29, 0.717) is 23.8 Å². The van der Waals surface area contributed by atoms with Gasteiger partial charge in [-0.05, 0) is 61.4 Å². The number of carbonyl (C=O) groups excluding carboxylic acids is 1. The van der Waals surface area contributed by atoms with Gasteiger partial charge in [-0.15, -0.1) is 6.58 Å².